The molecule has 0 atom stereocenters. The molecule has 1 amide bonds. The number of nitrogens with zero attached hydrogens (tertiary/aromatic N) is 6. The molecule has 2 N–H and O–H groups in total. The lowest BCUT2D eigenvalue weighted by Crippen LogP contribution is -2.57. The third-order valence-corrected chi connectivity index (χ3v) is 6.51. The van der Waals surface area contributed by atoms with Crippen LogP contribution in [0.2, 0.25) is 0 Å². The molecular formula is C22H23N7O3. The standard InChI is InChI=1S/C22H23N7O3/c1-2-32-15-9-16(19-17-11-24-25-20(17)26-29(19)12-15)14-3-4-18(23-10-14)27-7-8-28(21(30)31)22(13-27)5-6-22/h3-4,9-12H,2,5-8,13H2,1H3,(H,25,26)(H,30,31). The van der Waals surface area contributed by atoms with Crippen LogP contribution in [-0.2, 0) is 0 Å². The molecule has 5 heterocycles. The number of carboxylic acid groups (broad SMARTS) is 1. The van der Waals surface area contributed by atoms with E-state index in [1.807, 2.05) is 36.0 Å². The summed E-state index contributed by atoms with van der Waals surface area (Å²) in [6.45, 7) is 4.35. The third-order valence-electron chi connectivity index (χ3n) is 6.51. The van der Waals surface area contributed by atoms with Crippen molar-refractivity contribution in [1.29, 1.82) is 0 Å². The second-order valence-electron chi connectivity index (χ2n) is 8.43. The predicted molar refractivity (Wildman–Crippen MR) is 118 cm³/mol. The fraction of sp³-hybridized carbons (Fsp3) is 0.364. The van der Waals surface area contributed by atoms with Crippen LogP contribution in [-0.4, -0.2) is 72.7 Å². The summed E-state index contributed by atoms with van der Waals surface area (Å²) >= 11 is 0. The summed E-state index contributed by atoms with van der Waals surface area (Å²) in [6.07, 6.45) is 6.52. The maximum atomic E-state index is 11.6. The zero-order chi connectivity index (χ0) is 21.9. The highest BCUT2D eigenvalue weighted by molar-refractivity contribution is 6.00. The summed E-state index contributed by atoms with van der Waals surface area (Å²) in [5, 5.41) is 22.0. The van der Waals surface area contributed by atoms with E-state index >= 15 is 0 Å². The molecule has 0 aromatic carbocycles. The molecular weight excluding hydrogens is 410 g/mol. The Labute approximate surface area is 183 Å². The number of aromatic amines is 1. The topological polar surface area (TPSA) is 112 Å². The van der Waals surface area contributed by atoms with Gasteiger partial charge in [0.2, 0.25) is 0 Å². The molecule has 1 saturated heterocycles. The molecule has 2 fully saturated rings. The Bertz CT molecular complexity index is 1320. The van der Waals surface area contributed by atoms with Crippen molar-refractivity contribution in [2.24, 2.45) is 0 Å². The Morgan fingerprint density at radius 1 is 1.28 bits per heavy atom. The molecule has 0 radical (unpaired) electrons. The summed E-state index contributed by atoms with van der Waals surface area (Å²) < 4.78 is 7.58. The summed E-state index contributed by atoms with van der Waals surface area (Å²) in [6, 6.07) is 6.07. The van der Waals surface area contributed by atoms with Crippen molar-refractivity contribution in [3.05, 3.63) is 36.8 Å². The molecule has 164 valence electrons. The Kier molecular flexibility index (Phi) is 4.04. The molecule has 4 aromatic heterocycles. The number of piperazine rings is 1. The van der Waals surface area contributed by atoms with Crippen molar-refractivity contribution in [3.8, 4) is 16.9 Å². The van der Waals surface area contributed by atoms with Gasteiger partial charge in [0.15, 0.2) is 5.65 Å². The van der Waals surface area contributed by atoms with Crippen molar-refractivity contribution in [3.63, 3.8) is 0 Å². The number of amides is 1. The smallest absolute Gasteiger partial charge is 0.407 e. The van der Waals surface area contributed by atoms with Gasteiger partial charge in [-0.15, -0.1) is 5.10 Å². The van der Waals surface area contributed by atoms with Gasteiger partial charge in [0.1, 0.15) is 11.6 Å². The van der Waals surface area contributed by atoms with Gasteiger partial charge in [-0.25, -0.2) is 14.3 Å². The van der Waals surface area contributed by atoms with E-state index < -0.39 is 6.09 Å². The minimum absolute atomic E-state index is 0.243. The fourth-order valence-electron chi connectivity index (χ4n) is 4.78. The quantitative estimate of drug-likeness (QED) is 0.509. The lowest BCUT2D eigenvalue weighted by atomic mass is 10.1. The second-order valence-corrected chi connectivity index (χ2v) is 8.43. The summed E-state index contributed by atoms with van der Waals surface area (Å²) in [4.78, 5) is 20.1. The average Bonchev–Trinajstić information content (AvgIpc) is 3.23. The second kappa shape index (κ2) is 6.84. The highest BCUT2D eigenvalue weighted by Gasteiger charge is 2.53. The van der Waals surface area contributed by atoms with Gasteiger partial charge in [0, 0.05) is 37.0 Å². The van der Waals surface area contributed by atoms with E-state index in [9.17, 15) is 9.90 Å². The molecule has 0 bridgehead atoms. The molecule has 0 unspecified atom stereocenters. The Balaban J connectivity index is 1.36. The van der Waals surface area contributed by atoms with E-state index in [-0.39, 0.29) is 5.54 Å². The number of pyridine rings is 2. The first-order valence-electron chi connectivity index (χ1n) is 10.8. The SMILES string of the molecule is CCOc1cc(-c2ccc(N3CCN(C(=O)O)C4(CC4)C3)nc2)c2c3cn[nH]c3nn2c1. The van der Waals surface area contributed by atoms with Crippen molar-refractivity contribution in [1.82, 2.24) is 29.7 Å². The molecule has 1 spiro atoms. The zero-order valence-corrected chi connectivity index (χ0v) is 17.7. The number of anilines is 1. The molecule has 6 rings (SSSR count). The van der Waals surface area contributed by atoms with Crippen LogP contribution in [0.25, 0.3) is 27.7 Å². The van der Waals surface area contributed by atoms with Crippen LogP contribution in [0.3, 0.4) is 0 Å². The number of hydrogen-bond donors (Lipinski definition) is 2. The van der Waals surface area contributed by atoms with Crippen LogP contribution < -0.4 is 9.64 Å². The Hall–Kier alpha value is -3.82. The fourth-order valence-corrected chi connectivity index (χ4v) is 4.78. The lowest BCUT2D eigenvalue weighted by molar-refractivity contribution is 0.110. The normalized spacial score (nSPS) is 17.4. The molecule has 1 aliphatic carbocycles. The van der Waals surface area contributed by atoms with E-state index in [2.05, 4.69) is 26.3 Å². The zero-order valence-electron chi connectivity index (χ0n) is 17.7. The van der Waals surface area contributed by atoms with E-state index in [1.54, 1.807) is 11.1 Å². The van der Waals surface area contributed by atoms with Crippen LogP contribution in [0.15, 0.2) is 36.8 Å². The molecule has 2 aliphatic rings. The van der Waals surface area contributed by atoms with Gasteiger partial charge in [-0.1, -0.05) is 0 Å². The number of carbonyl (C=O) groups is 1. The van der Waals surface area contributed by atoms with Gasteiger partial charge >= 0.3 is 6.09 Å². The van der Waals surface area contributed by atoms with Crippen molar-refractivity contribution >= 4 is 28.5 Å². The van der Waals surface area contributed by atoms with Crippen LogP contribution in [0, 0.1) is 0 Å². The monoisotopic (exact) mass is 433 g/mol. The van der Waals surface area contributed by atoms with Gasteiger partial charge in [-0.3, -0.25) is 10.00 Å². The summed E-state index contributed by atoms with van der Waals surface area (Å²) in [5.41, 5.74) is 3.34. The molecule has 1 aliphatic heterocycles. The maximum Gasteiger partial charge on any atom is 0.407 e. The first-order valence-corrected chi connectivity index (χ1v) is 10.8. The van der Waals surface area contributed by atoms with Crippen molar-refractivity contribution < 1.29 is 14.6 Å². The van der Waals surface area contributed by atoms with Gasteiger partial charge in [0.05, 0.1) is 35.4 Å². The minimum Gasteiger partial charge on any atom is -0.492 e. The van der Waals surface area contributed by atoms with E-state index in [0.717, 1.165) is 52.1 Å². The van der Waals surface area contributed by atoms with E-state index in [0.29, 0.717) is 26.2 Å². The van der Waals surface area contributed by atoms with E-state index in [4.69, 9.17) is 9.72 Å². The summed E-state index contributed by atoms with van der Waals surface area (Å²) in [5.74, 6) is 1.60. The number of H-pyrrole nitrogens is 1. The highest BCUT2D eigenvalue weighted by atomic mass is 16.5. The van der Waals surface area contributed by atoms with Crippen molar-refractivity contribution in [2.75, 3.05) is 31.1 Å². The molecule has 32 heavy (non-hydrogen) atoms. The van der Waals surface area contributed by atoms with Crippen LogP contribution >= 0.6 is 0 Å². The average molecular weight is 433 g/mol. The third kappa shape index (κ3) is 2.86. The number of nitrogens with one attached hydrogen (secondary N) is 1. The largest absolute Gasteiger partial charge is 0.492 e. The van der Waals surface area contributed by atoms with Gasteiger partial charge in [-0.05, 0) is 38.0 Å². The van der Waals surface area contributed by atoms with Crippen LogP contribution in [0.5, 0.6) is 5.75 Å². The van der Waals surface area contributed by atoms with Gasteiger partial charge in [0.25, 0.3) is 0 Å². The minimum atomic E-state index is -0.824. The maximum absolute atomic E-state index is 11.6. The lowest BCUT2D eigenvalue weighted by Gasteiger charge is -2.41. The van der Waals surface area contributed by atoms with Crippen LogP contribution in [0.1, 0.15) is 19.8 Å². The van der Waals surface area contributed by atoms with Crippen molar-refractivity contribution in [2.45, 2.75) is 25.3 Å². The molecule has 10 heteroatoms. The van der Waals surface area contributed by atoms with Gasteiger partial charge in [-0.2, -0.15) is 5.10 Å². The Morgan fingerprint density at radius 2 is 2.16 bits per heavy atom. The number of hydrogen-bond acceptors (Lipinski definition) is 6. The Morgan fingerprint density at radius 3 is 2.88 bits per heavy atom. The summed E-state index contributed by atoms with van der Waals surface area (Å²) in [7, 11) is 0. The first kappa shape index (κ1) is 18.9. The van der Waals surface area contributed by atoms with E-state index in [1.165, 1.54) is 0 Å². The molecule has 10 nitrogen and oxygen atoms in total. The number of rotatable bonds is 4. The number of aromatic nitrogens is 5. The first-order chi connectivity index (χ1) is 15.6. The van der Waals surface area contributed by atoms with Crippen LogP contribution in [0.4, 0.5) is 10.6 Å². The highest BCUT2D eigenvalue weighted by Crippen LogP contribution is 2.45. The number of ether oxygens (including phenoxy) is 1. The molecule has 4 aromatic rings. The predicted octanol–water partition coefficient (Wildman–Crippen LogP) is 3.00. The van der Waals surface area contributed by atoms with Gasteiger partial charge < -0.3 is 14.7 Å². The number of fused-ring (bicyclic) bond motifs is 3. The molecule has 1 saturated carbocycles.